The number of carbonyl (C=O) groups excluding carboxylic acids is 1. The van der Waals surface area contributed by atoms with E-state index in [4.69, 9.17) is 16.3 Å². The van der Waals surface area contributed by atoms with Crippen LogP contribution in [0, 0.1) is 0 Å². The molecule has 104 valence electrons. The molecule has 1 saturated carbocycles. The molecular weight excluding hydrogens is 266 g/mol. The minimum Gasteiger partial charge on any atom is -0.507 e. The number of ether oxygens (including phenoxy) is 1. The second-order valence-electron chi connectivity index (χ2n) is 4.69. The molecule has 0 spiro atoms. The Kier molecular flexibility index (Phi) is 5.05. The predicted molar refractivity (Wildman–Crippen MR) is 73.7 cm³/mol. The van der Waals surface area contributed by atoms with E-state index in [0.29, 0.717) is 24.3 Å². The topological polar surface area (TPSA) is 58.6 Å². The van der Waals surface area contributed by atoms with E-state index >= 15 is 0 Å². The molecule has 2 N–H and O–H groups in total. The van der Waals surface area contributed by atoms with Crippen molar-refractivity contribution in [1.82, 2.24) is 5.32 Å². The van der Waals surface area contributed by atoms with Crippen molar-refractivity contribution in [3.8, 4) is 5.75 Å². The molecule has 19 heavy (non-hydrogen) atoms. The first-order chi connectivity index (χ1) is 9.16. The van der Waals surface area contributed by atoms with Crippen LogP contribution in [0.4, 0.5) is 0 Å². The van der Waals surface area contributed by atoms with Crippen LogP contribution in [0.2, 0.25) is 5.02 Å². The lowest BCUT2D eigenvalue weighted by Gasteiger charge is -2.12. The second kappa shape index (κ2) is 6.78. The summed E-state index contributed by atoms with van der Waals surface area (Å²) in [6, 6.07) is 4.40. The number of benzene rings is 1. The molecule has 1 amide bonds. The van der Waals surface area contributed by atoms with Crippen molar-refractivity contribution in [2.24, 2.45) is 0 Å². The molecule has 5 heteroatoms. The van der Waals surface area contributed by atoms with Crippen LogP contribution < -0.4 is 5.32 Å². The number of phenols is 1. The van der Waals surface area contributed by atoms with Crippen molar-refractivity contribution in [2.75, 3.05) is 13.2 Å². The molecule has 0 bridgehead atoms. The minimum absolute atomic E-state index is 0.0707. The lowest BCUT2D eigenvalue weighted by Crippen LogP contribution is -2.28. The van der Waals surface area contributed by atoms with E-state index in [1.807, 2.05) is 0 Å². The van der Waals surface area contributed by atoms with E-state index in [1.54, 1.807) is 0 Å². The molecule has 1 aliphatic rings. The summed E-state index contributed by atoms with van der Waals surface area (Å²) < 4.78 is 5.64. The number of aromatic hydroxyl groups is 1. The van der Waals surface area contributed by atoms with Crippen LogP contribution in [-0.4, -0.2) is 30.3 Å². The molecule has 1 aromatic rings. The van der Waals surface area contributed by atoms with Crippen LogP contribution in [-0.2, 0) is 4.74 Å². The maximum absolute atomic E-state index is 11.8. The van der Waals surface area contributed by atoms with Crippen molar-refractivity contribution in [3.63, 3.8) is 0 Å². The highest BCUT2D eigenvalue weighted by atomic mass is 35.5. The number of rotatable bonds is 5. The number of phenolic OH excluding ortho intramolecular Hbond substituents is 1. The Bertz CT molecular complexity index is 444. The highest BCUT2D eigenvalue weighted by molar-refractivity contribution is 6.31. The summed E-state index contributed by atoms with van der Waals surface area (Å²) in [5.74, 6) is -0.409. The molecule has 0 radical (unpaired) electrons. The fourth-order valence-corrected chi connectivity index (χ4v) is 2.40. The lowest BCUT2D eigenvalue weighted by molar-refractivity contribution is 0.0581. The SMILES string of the molecule is O=C(NCCOC1CCCC1)c1cc(Cl)ccc1O. The average Bonchev–Trinajstić information content (AvgIpc) is 2.90. The van der Waals surface area contributed by atoms with Gasteiger partial charge < -0.3 is 15.2 Å². The van der Waals surface area contributed by atoms with Gasteiger partial charge in [-0.2, -0.15) is 0 Å². The Morgan fingerprint density at radius 1 is 1.42 bits per heavy atom. The van der Waals surface area contributed by atoms with Crippen molar-refractivity contribution in [1.29, 1.82) is 0 Å². The number of halogens is 1. The van der Waals surface area contributed by atoms with Crippen LogP contribution in [0.1, 0.15) is 36.0 Å². The van der Waals surface area contributed by atoms with Gasteiger partial charge in [-0.3, -0.25) is 4.79 Å². The molecule has 0 atom stereocenters. The third kappa shape index (κ3) is 4.11. The Morgan fingerprint density at radius 3 is 2.89 bits per heavy atom. The molecule has 0 aromatic heterocycles. The summed E-state index contributed by atoms with van der Waals surface area (Å²) in [6.45, 7) is 0.930. The van der Waals surface area contributed by atoms with Gasteiger partial charge in [-0.25, -0.2) is 0 Å². The Balaban J connectivity index is 1.75. The summed E-state index contributed by atoms with van der Waals surface area (Å²) in [5, 5.41) is 12.7. The number of nitrogens with one attached hydrogen (secondary N) is 1. The average molecular weight is 284 g/mol. The van der Waals surface area contributed by atoms with Crippen molar-refractivity contribution in [2.45, 2.75) is 31.8 Å². The van der Waals surface area contributed by atoms with Gasteiger partial charge in [0.05, 0.1) is 18.3 Å². The quantitative estimate of drug-likeness (QED) is 0.817. The van der Waals surface area contributed by atoms with Gasteiger partial charge in [0.15, 0.2) is 0 Å². The van der Waals surface area contributed by atoms with Gasteiger partial charge in [0.1, 0.15) is 5.75 Å². The largest absolute Gasteiger partial charge is 0.507 e. The third-order valence-electron chi connectivity index (χ3n) is 3.25. The molecule has 0 heterocycles. The van der Waals surface area contributed by atoms with Crippen molar-refractivity contribution < 1.29 is 14.6 Å². The monoisotopic (exact) mass is 283 g/mol. The first-order valence-electron chi connectivity index (χ1n) is 6.55. The van der Waals surface area contributed by atoms with E-state index in [-0.39, 0.29) is 17.2 Å². The lowest BCUT2D eigenvalue weighted by atomic mass is 10.2. The summed E-state index contributed by atoms with van der Waals surface area (Å²) in [4.78, 5) is 11.8. The first kappa shape index (κ1) is 14.2. The molecule has 0 saturated heterocycles. The van der Waals surface area contributed by atoms with Crippen LogP contribution in [0.15, 0.2) is 18.2 Å². The smallest absolute Gasteiger partial charge is 0.255 e. The minimum atomic E-state index is -0.338. The summed E-state index contributed by atoms with van der Waals surface area (Å²) in [5.41, 5.74) is 0.188. The van der Waals surface area contributed by atoms with Crippen LogP contribution in [0.3, 0.4) is 0 Å². The standard InChI is InChI=1S/C14H18ClNO3/c15-10-5-6-13(17)12(9-10)14(18)16-7-8-19-11-3-1-2-4-11/h5-6,9,11,17H,1-4,7-8H2,(H,16,18). The maximum atomic E-state index is 11.8. The number of carbonyl (C=O) groups is 1. The van der Waals surface area contributed by atoms with Gasteiger partial charge >= 0.3 is 0 Å². The number of amides is 1. The Hall–Kier alpha value is -1.26. The highest BCUT2D eigenvalue weighted by Gasteiger charge is 2.15. The summed E-state index contributed by atoms with van der Waals surface area (Å²) in [6.07, 6.45) is 5.03. The van der Waals surface area contributed by atoms with Gasteiger partial charge in [0.2, 0.25) is 0 Å². The molecule has 4 nitrogen and oxygen atoms in total. The predicted octanol–water partition coefficient (Wildman–Crippen LogP) is 2.73. The molecule has 0 unspecified atom stereocenters. The normalized spacial score (nSPS) is 15.6. The Labute approximate surface area is 117 Å². The summed E-state index contributed by atoms with van der Waals surface area (Å²) in [7, 11) is 0. The molecular formula is C14H18ClNO3. The van der Waals surface area contributed by atoms with Gasteiger partial charge in [0.25, 0.3) is 5.91 Å². The van der Waals surface area contributed by atoms with Crippen LogP contribution in [0.25, 0.3) is 0 Å². The second-order valence-corrected chi connectivity index (χ2v) is 5.13. The maximum Gasteiger partial charge on any atom is 0.255 e. The van der Waals surface area contributed by atoms with Crippen LogP contribution in [0.5, 0.6) is 5.75 Å². The molecule has 2 rings (SSSR count). The fraction of sp³-hybridized carbons (Fsp3) is 0.500. The van der Waals surface area contributed by atoms with E-state index in [0.717, 1.165) is 12.8 Å². The van der Waals surface area contributed by atoms with E-state index in [2.05, 4.69) is 5.32 Å². The highest BCUT2D eigenvalue weighted by Crippen LogP contribution is 2.22. The van der Waals surface area contributed by atoms with Crippen molar-refractivity contribution in [3.05, 3.63) is 28.8 Å². The van der Waals surface area contributed by atoms with Gasteiger partial charge in [-0.05, 0) is 31.0 Å². The van der Waals surface area contributed by atoms with Gasteiger partial charge in [-0.1, -0.05) is 24.4 Å². The first-order valence-corrected chi connectivity index (χ1v) is 6.93. The zero-order chi connectivity index (χ0) is 13.7. The van der Waals surface area contributed by atoms with E-state index in [9.17, 15) is 9.90 Å². The van der Waals surface area contributed by atoms with Crippen LogP contribution >= 0.6 is 11.6 Å². The number of hydrogen-bond donors (Lipinski definition) is 2. The van der Waals surface area contributed by atoms with E-state index in [1.165, 1.54) is 31.0 Å². The number of hydrogen-bond acceptors (Lipinski definition) is 3. The zero-order valence-electron chi connectivity index (χ0n) is 10.7. The van der Waals surface area contributed by atoms with Gasteiger partial charge in [0, 0.05) is 11.6 Å². The zero-order valence-corrected chi connectivity index (χ0v) is 11.4. The molecule has 1 fully saturated rings. The van der Waals surface area contributed by atoms with E-state index < -0.39 is 0 Å². The third-order valence-corrected chi connectivity index (χ3v) is 3.48. The fourth-order valence-electron chi connectivity index (χ4n) is 2.23. The molecule has 1 aliphatic carbocycles. The molecule has 0 aliphatic heterocycles. The summed E-state index contributed by atoms with van der Waals surface area (Å²) >= 11 is 5.79. The van der Waals surface area contributed by atoms with Gasteiger partial charge in [-0.15, -0.1) is 0 Å². The Morgan fingerprint density at radius 2 is 2.16 bits per heavy atom. The molecule has 1 aromatic carbocycles. The van der Waals surface area contributed by atoms with Crippen molar-refractivity contribution >= 4 is 17.5 Å².